The zero-order valence-electron chi connectivity index (χ0n) is 7.96. The van der Waals surface area contributed by atoms with Gasteiger partial charge in [0.15, 0.2) is 10.7 Å². The normalized spacial score (nSPS) is 9.00. The van der Waals surface area contributed by atoms with Crippen LogP contribution in [0.3, 0.4) is 0 Å². The molecule has 0 fully saturated rings. The van der Waals surface area contributed by atoms with Crippen LogP contribution < -0.4 is 5.32 Å². The molecule has 0 unspecified atom stereocenters. The van der Waals surface area contributed by atoms with Gasteiger partial charge in [0, 0.05) is 5.38 Å². The molecule has 5 heteroatoms. The van der Waals surface area contributed by atoms with Crippen LogP contribution in [0.15, 0.2) is 5.38 Å². The van der Waals surface area contributed by atoms with Crippen molar-refractivity contribution in [1.82, 2.24) is 10.3 Å². The van der Waals surface area contributed by atoms with E-state index in [0.29, 0.717) is 17.2 Å². The van der Waals surface area contributed by atoms with Crippen LogP contribution in [0.4, 0.5) is 0 Å². The first-order chi connectivity index (χ1) is 6.77. The van der Waals surface area contributed by atoms with Crippen LogP contribution in [0.25, 0.3) is 0 Å². The lowest BCUT2D eigenvalue weighted by molar-refractivity contribution is 0.0595. The molecule has 1 aromatic heterocycles. The molecule has 0 spiro atoms. The number of hydrogen-bond acceptors (Lipinski definition) is 5. The van der Waals surface area contributed by atoms with Gasteiger partial charge in [-0.25, -0.2) is 9.78 Å². The van der Waals surface area contributed by atoms with E-state index in [2.05, 4.69) is 26.9 Å². The van der Waals surface area contributed by atoms with Crippen molar-refractivity contribution < 1.29 is 9.53 Å². The van der Waals surface area contributed by atoms with Gasteiger partial charge < -0.3 is 10.1 Å². The smallest absolute Gasteiger partial charge is 0.357 e. The number of esters is 1. The van der Waals surface area contributed by atoms with Crippen LogP contribution in [0.5, 0.6) is 0 Å². The first kappa shape index (κ1) is 10.7. The topological polar surface area (TPSA) is 51.2 Å². The van der Waals surface area contributed by atoms with Gasteiger partial charge in [-0.15, -0.1) is 11.3 Å². The van der Waals surface area contributed by atoms with E-state index in [1.807, 2.05) is 7.05 Å². The predicted octanol–water partition coefficient (Wildman–Crippen LogP) is 0.501. The van der Waals surface area contributed by atoms with Gasteiger partial charge in [0.05, 0.1) is 13.7 Å². The molecule has 0 aliphatic rings. The van der Waals surface area contributed by atoms with Crippen LogP contribution in [0.1, 0.15) is 15.5 Å². The lowest BCUT2D eigenvalue weighted by Crippen LogP contribution is -2.04. The highest BCUT2D eigenvalue weighted by Gasteiger charge is 2.08. The van der Waals surface area contributed by atoms with Gasteiger partial charge in [-0.3, -0.25) is 0 Å². The van der Waals surface area contributed by atoms with Crippen LogP contribution >= 0.6 is 11.3 Å². The Hall–Kier alpha value is -1.38. The van der Waals surface area contributed by atoms with Gasteiger partial charge in [-0.2, -0.15) is 0 Å². The van der Waals surface area contributed by atoms with Crippen molar-refractivity contribution in [2.45, 2.75) is 0 Å². The molecule has 0 atom stereocenters. The minimum absolute atomic E-state index is 0.311. The summed E-state index contributed by atoms with van der Waals surface area (Å²) in [7, 11) is 3.14. The first-order valence-electron chi connectivity index (χ1n) is 3.95. The van der Waals surface area contributed by atoms with Gasteiger partial charge in [0.1, 0.15) is 0 Å². The zero-order chi connectivity index (χ0) is 10.4. The van der Waals surface area contributed by atoms with Crippen molar-refractivity contribution in [2.75, 3.05) is 20.7 Å². The Morgan fingerprint density at radius 2 is 2.57 bits per heavy atom. The Morgan fingerprint density at radius 3 is 3.21 bits per heavy atom. The summed E-state index contributed by atoms with van der Waals surface area (Å²) >= 11 is 1.33. The maximum atomic E-state index is 11.0. The number of thiazole rings is 1. The number of carbonyl (C=O) groups excluding carboxylic acids is 1. The summed E-state index contributed by atoms with van der Waals surface area (Å²) in [6, 6.07) is 0. The van der Waals surface area contributed by atoms with E-state index in [1.165, 1.54) is 18.4 Å². The zero-order valence-corrected chi connectivity index (χ0v) is 8.77. The van der Waals surface area contributed by atoms with Crippen molar-refractivity contribution >= 4 is 17.3 Å². The molecular weight excluding hydrogens is 200 g/mol. The molecule has 1 aromatic rings. The molecule has 1 heterocycles. The second-order valence-electron chi connectivity index (χ2n) is 2.36. The molecule has 0 saturated heterocycles. The third kappa shape index (κ3) is 2.83. The molecule has 74 valence electrons. The molecule has 0 saturated carbocycles. The average molecular weight is 210 g/mol. The maximum absolute atomic E-state index is 11.0. The molecule has 0 aromatic carbocycles. The third-order valence-corrected chi connectivity index (χ3v) is 2.12. The summed E-state index contributed by atoms with van der Waals surface area (Å²) in [5.41, 5.74) is 0.311. The largest absolute Gasteiger partial charge is 0.464 e. The molecule has 0 radical (unpaired) electrons. The van der Waals surface area contributed by atoms with Gasteiger partial charge in [-0.1, -0.05) is 5.92 Å². The quantitative estimate of drug-likeness (QED) is 0.570. The fourth-order valence-electron chi connectivity index (χ4n) is 0.738. The Balaban J connectivity index is 2.70. The van der Waals surface area contributed by atoms with Gasteiger partial charge in [0.2, 0.25) is 0 Å². The van der Waals surface area contributed by atoms with Crippen molar-refractivity contribution in [3.8, 4) is 11.8 Å². The van der Waals surface area contributed by atoms with Gasteiger partial charge in [0.25, 0.3) is 0 Å². The molecule has 14 heavy (non-hydrogen) atoms. The van der Waals surface area contributed by atoms with Crippen molar-refractivity contribution in [2.24, 2.45) is 0 Å². The van der Waals surface area contributed by atoms with Gasteiger partial charge >= 0.3 is 5.97 Å². The summed E-state index contributed by atoms with van der Waals surface area (Å²) in [4.78, 5) is 15.0. The second kappa shape index (κ2) is 5.37. The van der Waals surface area contributed by atoms with Crippen molar-refractivity contribution in [3.05, 3.63) is 16.1 Å². The maximum Gasteiger partial charge on any atom is 0.357 e. The van der Waals surface area contributed by atoms with Crippen LogP contribution in [-0.2, 0) is 4.74 Å². The average Bonchev–Trinajstić information content (AvgIpc) is 2.66. The number of hydrogen-bond donors (Lipinski definition) is 1. The number of rotatable bonds is 2. The molecule has 1 N–H and O–H groups in total. The minimum atomic E-state index is -0.428. The molecule has 0 amide bonds. The van der Waals surface area contributed by atoms with E-state index in [-0.39, 0.29) is 0 Å². The molecule has 0 bridgehead atoms. The molecule has 0 aliphatic heterocycles. The summed E-state index contributed by atoms with van der Waals surface area (Å²) in [6.45, 7) is 0.604. The van der Waals surface area contributed by atoms with E-state index < -0.39 is 5.97 Å². The standard InChI is InChI=1S/C9H10N2O2S/c1-10-5-3-4-8-11-7(6-14-8)9(12)13-2/h6,10H,5H2,1-2H3. The Kier molecular flexibility index (Phi) is 4.11. The molecule has 1 rings (SSSR count). The summed E-state index contributed by atoms with van der Waals surface area (Å²) in [5.74, 6) is 5.26. The predicted molar refractivity (Wildman–Crippen MR) is 54.3 cm³/mol. The van der Waals surface area contributed by atoms with Crippen molar-refractivity contribution in [1.29, 1.82) is 0 Å². The second-order valence-corrected chi connectivity index (χ2v) is 3.22. The van der Waals surface area contributed by atoms with E-state index in [9.17, 15) is 4.79 Å². The van der Waals surface area contributed by atoms with E-state index >= 15 is 0 Å². The number of aromatic nitrogens is 1. The highest BCUT2D eigenvalue weighted by Crippen LogP contribution is 2.08. The SMILES string of the molecule is CNCC#Cc1nc(C(=O)OC)cs1. The number of methoxy groups -OCH3 is 1. The lowest BCUT2D eigenvalue weighted by atomic mass is 10.5. The van der Waals surface area contributed by atoms with Crippen LogP contribution in [0.2, 0.25) is 0 Å². The van der Waals surface area contributed by atoms with E-state index in [0.717, 1.165) is 0 Å². The fraction of sp³-hybridized carbons (Fsp3) is 0.333. The molecular formula is C9H10N2O2S. The minimum Gasteiger partial charge on any atom is -0.464 e. The Labute approximate surface area is 86.3 Å². The molecule has 0 aliphatic carbocycles. The summed E-state index contributed by atoms with van der Waals surface area (Å²) in [5, 5.41) is 5.15. The fourth-order valence-corrected chi connectivity index (χ4v) is 1.39. The third-order valence-electron chi connectivity index (χ3n) is 1.36. The number of carbonyl (C=O) groups is 1. The van der Waals surface area contributed by atoms with Gasteiger partial charge in [-0.05, 0) is 13.0 Å². The van der Waals surface area contributed by atoms with Crippen molar-refractivity contribution in [3.63, 3.8) is 0 Å². The summed E-state index contributed by atoms with van der Waals surface area (Å²) in [6.07, 6.45) is 0. The number of nitrogens with zero attached hydrogens (tertiary/aromatic N) is 1. The van der Waals surface area contributed by atoms with Crippen LogP contribution in [-0.4, -0.2) is 31.7 Å². The van der Waals surface area contributed by atoms with Crippen LogP contribution in [0, 0.1) is 11.8 Å². The van der Waals surface area contributed by atoms with E-state index in [4.69, 9.17) is 0 Å². The molecule has 4 nitrogen and oxygen atoms in total. The first-order valence-corrected chi connectivity index (χ1v) is 4.83. The highest BCUT2D eigenvalue weighted by atomic mass is 32.1. The summed E-state index contributed by atoms with van der Waals surface area (Å²) < 4.78 is 4.52. The lowest BCUT2D eigenvalue weighted by Gasteiger charge is -1.89. The highest BCUT2D eigenvalue weighted by molar-refractivity contribution is 7.10. The monoisotopic (exact) mass is 210 g/mol. The number of nitrogens with one attached hydrogen (secondary N) is 1. The number of ether oxygens (including phenoxy) is 1. The Morgan fingerprint density at radius 1 is 1.79 bits per heavy atom. The Bertz CT molecular complexity index is 376. The van der Waals surface area contributed by atoms with E-state index in [1.54, 1.807) is 5.38 Å².